The van der Waals surface area contributed by atoms with Gasteiger partial charge in [-0.2, -0.15) is 0 Å². The van der Waals surface area contributed by atoms with Gasteiger partial charge >= 0.3 is 0 Å². The van der Waals surface area contributed by atoms with E-state index >= 15 is 0 Å². The van der Waals surface area contributed by atoms with Crippen LogP contribution in [0.5, 0.6) is 5.75 Å². The molecule has 4 heteroatoms. The average molecular weight is 330 g/mol. The smallest absolute Gasteiger partial charge is 0.249 e. The van der Waals surface area contributed by atoms with E-state index in [2.05, 4.69) is 16.7 Å². The number of amides is 1. The maximum absolute atomic E-state index is 11.9. The third kappa shape index (κ3) is 2.52. The number of primary amides is 1. The second-order valence-electron chi connectivity index (χ2n) is 6.02. The summed E-state index contributed by atoms with van der Waals surface area (Å²) >= 11 is 0. The van der Waals surface area contributed by atoms with Gasteiger partial charge in [-0.25, -0.2) is 0 Å². The Morgan fingerprint density at radius 1 is 1.00 bits per heavy atom. The molecule has 2 N–H and O–H groups in total. The van der Waals surface area contributed by atoms with Gasteiger partial charge in [-0.3, -0.25) is 4.79 Å². The van der Waals surface area contributed by atoms with Crippen LogP contribution in [0.25, 0.3) is 21.8 Å². The van der Waals surface area contributed by atoms with Gasteiger partial charge in [0, 0.05) is 28.4 Å². The Morgan fingerprint density at radius 3 is 2.56 bits per heavy atom. The van der Waals surface area contributed by atoms with Crippen molar-refractivity contribution in [2.45, 2.75) is 6.54 Å². The lowest BCUT2D eigenvalue weighted by Crippen LogP contribution is -2.11. The Hall–Kier alpha value is -3.27. The number of benzene rings is 3. The van der Waals surface area contributed by atoms with E-state index in [-0.39, 0.29) is 0 Å². The summed E-state index contributed by atoms with van der Waals surface area (Å²) in [5.74, 6) is 0.422. The van der Waals surface area contributed by atoms with Crippen LogP contribution in [0.4, 0.5) is 0 Å². The van der Waals surface area contributed by atoms with Gasteiger partial charge < -0.3 is 15.0 Å². The first-order valence-electron chi connectivity index (χ1n) is 8.11. The number of fused-ring (bicyclic) bond motifs is 3. The monoisotopic (exact) mass is 330 g/mol. The largest absolute Gasteiger partial charge is 0.497 e. The molecule has 0 aliphatic heterocycles. The van der Waals surface area contributed by atoms with Crippen LogP contribution in [0.2, 0.25) is 0 Å². The minimum atomic E-state index is -0.408. The molecule has 0 atom stereocenters. The predicted molar refractivity (Wildman–Crippen MR) is 100 cm³/mol. The molecule has 3 aromatic carbocycles. The molecule has 0 aliphatic carbocycles. The van der Waals surface area contributed by atoms with E-state index in [9.17, 15) is 4.79 Å². The van der Waals surface area contributed by atoms with E-state index < -0.39 is 5.91 Å². The van der Waals surface area contributed by atoms with Gasteiger partial charge in [0.2, 0.25) is 5.91 Å². The SMILES string of the molecule is COc1cccc(Cn2c3ccccc3c3c(C(N)=O)cccc32)c1. The third-order valence-corrected chi connectivity index (χ3v) is 4.54. The molecule has 25 heavy (non-hydrogen) atoms. The molecule has 0 saturated carbocycles. The molecule has 0 saturated heterocycles. The fourth-order valence-electron chi connectivity index (χ4n) is 3.43. The summed E-state index contributed by atoms with van der Waals surface area (Å²) in [5, 5.41) is 1.95. The van der Waals surface area contributed by atoms with Gasteiger partial charge in [0.15, 0.2) is 0 Å². The first-order valence-corrected chi connectivity index (χ1v) is 8.11. The minimum Gasteiger partial charge on any atom is -0.497 e. The van der Waals surface area contributed by atoms with E-state index in [4.69, 9.17) is 10.5 Å². The Morgan fingerprint density at radius 2 is 1.76 bits per heavy atom. The fourth-order valence-corrected chi connectivity index (χ4v) is 3.43. The molecule has 0 unspecified atom stereocenters. The van der Waals surface area contributed by atoms with Crippen LogP contribution in [-0.4, -0.2) is 17.6 Å². The van der Waals surface area contributed by atoms with Gasteiger partial charge in [-0.05, 0) is 35.9 Å². The number of carbonyl (C=O) groups is 1. The fraction of sp³-hybridized carbons (Fsp3) is 0.0952. The van der Waals surface area contributed by atoms with Crippen LogP contribution in [0.3, 0.4) is 0 Å². The standard InChI is InChI=1S/C21H18N2O2/c1-25-15-7-4-6-14(12-15)13-23-18-10-3-2-8-16(18)20-17(21(22)24)9-5-11-19(20)23/h2-12H,13H2,1H3,(H2,22,24). The highest BCUT2D eigenvalue weighted by Gasteiger charge is 2.16. The van der Waals surface area contributed by atoms with E-state index in [1.54, 1.807) is 13.2 Å². The highest BCUT2D eigenvalue weighted by atomic mass is 16.5. The number of nitrogens with two attached hydrogens (primary N) is 1. The van der Waals surface area contributed by atoms with Crippen LogP contribution in [-0.2, 0) is 6.54 Å². The van der Waals surface area contributed by atoms with Crippen LogP contribution in [0.1, 0.15) is 15.9 Å². The molecule has 4 rings (SSSR count). The lowest BCUT2D eigenvalue weighted by atomic mass is 10.1. The summed E-state index contributed by atoms with van der Waals surface area (Å²) in [6, 6.07) is 21.8. The maximum Gasteiger partial charge on any atom is 0.249 e. The number of carbonyl (C=O) groups excluding carboxylic acids is 1. The molecule has 1 aromatic heterocycles. The van der Waals surface area contributed by atoms with E-state index in [1.807, 2.05) is 48.5 Å². The van der Waals surface area contributed by atoms with Crippen LogP contribution in [0, 0.1) is 0 Å². The lowest BCUT2D eigenvalue weighted by molar-refractivity contribution is 0.100. The van der Waals surface area contributed by atoms with Crippen molar-refractivity contribution in [3.05, 3.63) is 77.9 Å². The van der Waals surface area contributed by atoms with E-state index in [0.29, 0.717) is 12.1 Å². The number of hydrogen-bond acceptors (Lipinski definition) is 2. The van der Waals surface area contributed by atoms with Crippen molar-refractivity contribution in [1.82, 2.24) is 4.57 Å². The van der Waals surface area contributed by atoms with Crippen molar-refractivity contribution in [2.75, 3.05) is 7.11 Å². The number of methoxy groups -OCH3 is 1. The van der Waals surface area contributed by atoms with Crippen LogP contribution < -0.4 is 10.5 Å². The highest BCUT2D eigenvalue weighted by Crippen LogP contribution is 2.32. The van der Waals surface area contributed by atoms with Crippen LogP contribution >= 0.6 is 0 Å². The normalized spacial score (nSPS) is 11.1. The third-order valence-electron chi connectivity index (χ3n) is 4.54. The van der Waals surface area contributed by atoms with Gasteiger partial charge in [-0.1, -0.05) is 36.4 Å². The highest BCUT2D eigenvalue weighted by molar-refractivity contribution is 6.17. The van der Waals surface area contributed by atoms with Crippen molar-refractivity contribution < 1.29 is 9.53 Å². The maximum atomic E-state index is 11.9. The number of ether oxygens (including phenoxy) is 1. The molecular weight excluding hydrogens is 312 g/mol. The number of rotatable bonds is 4. The first-order chi connectivity index (χ1) is 12.2. The van der Waals surface area contributed by atoms with Crippen molar-refractivity contribution in [1.29, 1.82) is 0 Å². The zero-order chi connectivity index (χ0) is 17.4. The molecule has 0 radical (unpaired) electrons. The number of nitrogens with zero attached hydrogens (tertiary/aromatic N) is 1. The molecule has 4 nitrogen and oxygen atoms in total. The van der Waals surface area contributed by atoms with Gasteiger partial charge in [0.25, 0.3) is 0 Å². The first kappa shape index (κ1) is 15.3. The molecule has 1 heterocycles. The summed E-state index contributed by atoms with van der Waals surface area (Å²) in [4.78, 5) is 11.9. The molecular formula is C21H18N2O2. The lowest BCUT2D eigenvalue weighted by Gasteiger charge is -2.09. The zero-order valence-electron chi connectivity index (χ0n) is 13.9. The number of hydrogen-bond donors (Lipinski definition) is 1. The summed E-state index contributed by atoms with van der Waals surface area (Å²) in [6.45, 7) is 0.684. The number of para-hydroxylation sites is 1. The molecule has 0 aliphatic rings. The second-order valence-corrected chi connectivity index (χ2v) is 6.02. The molecule has 0 fully saturated rings. The Kier molecular flexibility index (Phi) is 3.65. The summed E-state index contributed by atoms with van der Waals surface area (Å²) in [7, 11) is 1.67. The van der Waals surface area contributed by atoms with Crippen LogP contribution in [0.15, 0.2) is 66.7 Å². The quantitative estimate of drug-likeness (QED) is 0.616. The molecule has 4 aromatic rings. The Balaban J connectivity index is 1.99. The Labute approximate surface area is 145 Å². The Bertz CT molecular complexity index is 1100. The molecule has 0 bridgehead atoms. The number of aromatic nitrogens is 1. The van der Waals surface area contributed by atoms with Gasteiger partial charge in [0.1, 0.15) is 5.75 Å². The summed E-state index contributed by atoms with van der Waals surface area (Å²) < 4.78 is 7.54. The van der Waals surface area contributed by atoms with E-state index in [0.717, 1.165) is 33.1 Å². The van der Waals surface area contributed by atoms with E-state index in [1.165, 1.54) is 0 Å². The predicted octanol–water partition coefficient (Wildman–Crippen LogP) is 3.95. The second kappa shape index (κ2) is 5.98. The van der Waals surface area contributed by atoms with Gasteiger partial charge in [0.05, 0.1) is 12.6 Å². The van der Waals surface area contributed by atoms with Crippen molar-refractivity contribution in [2.24, 2.45) is 5.73 Å². The molecule has 124 valence electrons. The van der Waals surface area contributed by atoms with Crippen molar-refractivity contribution in [3.63, 3.8) is 0 Å². The van der Waals surface area contributed by atoms with Crippen molar-refractivity contribution >= 4 is 27.7 Å². The average Bonchev–Trinajstić information content (AvgIpc) is 2.96. The zero-order valence-corrected chi connectivity index (χ0v) is 13.9. The topological polar surface area (TPSA) is 57.2 Å². The minimum absolute atomic E-state index is 0.408. The summed E-state index contributed by atoms with van der Waals surface area (Å²) in [6.07, 6.45) is 0. The molecule has 1 amide bonds. The van der Waals surface area contributed by atoms with Gasteiger partial charge in [-0.15, -0.1) is 0 Å². The summed E-state index contributed by atoms with van der Waals surface area (Å²) in [5.41, 5.74) is 9.37. The molecule has 0 spiro atoms. The van der Waals surface area contributed by atoms with Crippen molar-refractivity contribution in [3.8, 4) is 5.75 Å².